The first-order chi connectivity index (χ1) is 6.04. The van der Waals surface area contributed by atoms with Gasteiger partial charge in [0, 0.05) is 10.3 Å². The fraction of sp³-hybridized carbons (Fsp3) is 0.714. The summed E-state index contributed by atoms with van der Waals surface area (Å²) < 4.78 is 4.98. The van der Waals surface area contributed by atoms with Gasteiger partial charge >= 0.3 is 0 Å². The summed E-state index contributed by atoms with van der Waals surface area (Å²) in [6, 6.07) is 0. The molecule has 0 spiro atoms. The lowest BCUT2D eigenvalue weighted by molar-refractivity contribution is 0.318. The van der Waals surface area contributed by atoms with Crippen LogP contribution in [0.3, 0.4) is 0 Å². The molecule has 0 N–H and O–H groups in total. The number of rotatable bonds is 2. The number of azide groups is 1. The summed E-state index contributed by atoms with van der Waals surface area (Å²) in [6.07, 6.45) is 0. The van der Waals surface area contributed by atoms with Crippen molar-refractivity contribution in [2.45, 2.75) is 32.7 Å². The van der Waals surface area contributed by atoms with Gasteiger partial charge in [-0.2, -0.15) is 4.98 Å². The van der Waals surface area contributed by atoms with Crippen molar-refractivity contribution in [1.29, 1.82) is 0 Å². The van der Waals surface area contributed by atoms with Crippen LogP contribution >= 0.6 is 0 Å². The Morgan fingerprint density at radius 1 is 1.54 bits per heavy atom. The van der Waals surface area contributed by atoms with E-state index in [1.54, 1.807) is 0 Å². The fourth-order valence-electron chi connectivity index (χ4n) is 0.718. The molecule has 0 unspecified atom stereocenters. The lowest BCUT2D eigenvalue weighted by Gasteiger charge is -2.10. The Bertz CT molecular complexity index is 331. The van der Waals surface area contributed by atoms with Crippen molar-refractivity contribution in [2.24, 2.45) is 5.11 Å². The van der Waals surface area contributed by atoms with Crippen molar-refractivity contribution in [3.8, 4) is 0 Å². The molecule has 6 heteroatoms. The Hall–Kier alpha value is -1.55. The van der Waals surface area contributed by atoms with E-state index >= 15 is 0 Å². The first-order valence-corrected chi connectivity index (χ1v) is 3.88. The molecule has 0 fully saturated rings. The minimum Gasteiger partial charge on any atom is -0.339 e. The molecule has 1 aromatic rings. The largest absolute Gasteiger partial charge is 0.339 e. The molecule has 70 valence electrons. The van der Waals surface area contributed by atoms with E-state index < -0.39 is 0 Å². The van der Waals surface area contributed by atoms with Crippen LogP contribution in [0.15, 0.2) is 9.64 Å². The molecule has 6 nitrogen and oxygen atoms in total. The maximum Gasteiger partial charge on any atom is 0.232 e. The van der Waals surface area contributed by atoms with E-state index in [1.807, 2.05) is 20.8 Å². The summed E-state index contributed by atoms with van der Waals surface area (Å²) in [5.41, 5.74) is 7.90. The van der Waals surface area contributed by atoms with Crippen molar-refractivity contribution in [3.63, 3.8) is 0 Å². The van der Waals surface area contributed by atoms with Gasteiger partial charge in [0.2, 0.25) is 5.89 Å². The molecular formula is C7H11N5O. The molecule has 1 heterocycles. The minimum absolute atomic E-state index is 0.135. The number of hydrogen-bond acceptors (Lipinski definition) is 4. The van der Waals surface area contributed by atoms with Crippen molar-refractivity contribution >= 4 is 0 Å². The lowest BCUT2D eigenvalue weighted by Crippen LogP contribution is -2.11. The van der Waals surface area contributed by atoms with Crippen LogP contribution in [-0.2, 0) is 12.0 Å². The molecule has 0 aliphatic heterocycles. The van der Waals surface area contributed by atoms with E-state index in [0.717, 1.165) is 0 Å². The molecule has 0 amide bonds. The second kappa shape index (κ2) is 3.45. The van der Waals surface area contributed by atoms with Gasteiger partial charge in [0.15, 0.2) is 5.82 Å². The summed E-state index contributed by atoms with van der Waals surface area (Å²) >= 11 is 0. The topological polar surface area (TPSA) is 87.7 Å². The zero-order valence-corrected chi connectivity index (χ0v) is 7.85. The van der Waals surface area contributed by atoms with Gasteiger partial charge in [-0.05, 0) is 5.53 Å². The molecule has 0 aromatic carbocycles. The van der Waals surface area contributed by atoms with Gasteiger partial charge in [-0.3, -0.25) is 0 Å². The molecule has 0 bridgehead atoms. The van der Waals surface area contributed by atoms with Gasteiger partial charge in [-0.15, -0.1) is 0 Å². The van der Waals surface area contributed by atoms with Gasteiger partial charge in [0.25, 0.3) is 0 Å². The van der Waals surface area contributed by atoms with E-state index in [-0.39, 0.29) is 12.0 Å². The Kier molecular flexibility index (Phi) is 2.53. The van der Waals surface area contributed by atoms with Crippen LogP contribution in [0.5, 0.6) is 0 Å². The Labute approximate surface area is 75.6 Å². The smallest absolute Gasteiger partial charge is 0.232 e. The number of aromatic nitrogens is 2. The highest BCUT2D eigenvalue weighted by Gasteiger charge is 2.21. The third-order valence-corrected chi connectivity index (χ3v) is 1.39. The molecule has 1 aromatic heterocycles. The summed E-state index contributed by atoms with van der Waals surface area (Å²) in [5.74, 6) is 0.971. The van der Waals surface area contributed by atoms with E-state index in [1.165, 1.54) is 0 Å². The zero-order chi connectivity index (χ0) is 9.90. The van der Waals surface area contributed by atoms with Crippen LogP contribution in [-0.4, -0.2) is 10.1 Å². The number of nitrogens with zero attached hydrogens (tertiary/aromatic N) is 5. The lowest BCUT2D eigenvalue weighted by atomic mass is 9.97. The van der Waals surface area contributed by atoms with Crippen molar-refractivity contribution in [2.75, 3.05) is 0 Å². The molecule has 0 radical (unpaired) electrons. The first kappa shape index (κ1) is 9.54. The average molecular weight is 181 g/mol. The van der Waals surface area contributed by atoms with Crippen LogP contribution in [0.2, 0.25) is 0 Å². The molecule has 1 rings (SSSR count). The Morgan fingerprint density at radius 3 is 2.69 bits per heavy atom. The van der Waals surface area contributed by atoms with Gasteiger partial charge < -0.3 is 4.52 Å². The highest BCUT2D eigenvalue weighted by atomic mass is 16.5. The number of hydrogen-bond donors (Lipinski definition) is 0. The van der Waals surface area contributed by atoms with Gasteiger partial charge in [0.1, 0.15) is 0 Å². The quantitative estimate of drug-likeness (QED) is 0.398. The summed E-state index contributed by atoms with van der Waals surface area (Å²) in [6.45, 7) is 6.05. The minimum atomic E-state index is -0.165. The van der Waals surface area contributed by atoms with Crippen molar-refractivity contribution in [1.82, 2.24) is 10.1 Å². The average Bonchev–Trinajstić information content (AvgIpc) is 2.47. The maximum absolute atomic E-state index is 8.07. The standard InChI is InChI=1S/C7H11N5O/c1-7(2,3)6-10-5(11-13-6)4-9-12-8/h4H2,1-3H3. The van der Waals surface area contributed by atoms with E-state index in [2.05, 4.69) is 20.2 Å². The third kappa shape index (κ3) is 2.45. The van der Waals surface area contributed by atoms with E-state index in [9.17, 15) is 0 Å². The van der Waals surface area contributed by atoms with Crippen LogP contribution < -0.4 is 0 Å². The SMILES string of the molecule is CC(C)(C)c1nc(CN=[N+]=[N-])no1. The van der Waals surface area contributed by atoms with Crippen molar-refractivity contribution in [3.05, 3.63) is 22.2 Å². The molecule has 0 atom stereocenters. The molecular weight excluding hydrogens is 170 g/mol. The monoisotopic (exact) mass is 181 g/mol. The summed E-state index contributed by atoms with van der Waals surface area (Å²) in [7, 11) is 0. The summed E-state index contributed by atoms with van der Waals surface area (Å²) in [4.78, 5) is 6.68. The van der Waals surface area contributed by atoms with Gasteiger partial charge in [-0.25, -0.2) is 0 Å². The second-order valence-corrected chi connectivity index (χ2v) is 3.65. The summed E-state index contributed by atoms with van der Waals surface area (Å²) in [5, 5.41) is 7.00. The van der Waals surface area contributed by atoms with Gasteiger partial charge in [0.05, 0.1) is 6.54 Å². The zero-order valence-electron chi connectivity index (χ0n) is 7.85. The highest BCUT2D eigenvalue weighted by Crippen LogP contribution is 2.19. The highest BCUT2D eigenvalue weighted by molar-refractivity contribution is 4.97. The van der Waals surface area contributed by atoms with Crippen LogP contribution in [0.1, 0.15) is 32.5 Å². The predicted octanol–water partition coefficient (Wildman–Crippen LogP) is 2.18. The fourth-order valence-corrected chi connectivity index (χ4v) is 0.718. The molecule has 0 aliphatic rings. The molecule has 13 heavy (non-hydrogen) atoms. The molecule has 0 saturated heterocycles. The van der Waals surface area contributed by atoms with E-state index in [4.69, 9.17) is 10.1 Å². The van der Waals surface area contributed by atoms with Crippen LogP contribution in [0.4, 0.5) is 0 Å². The first-order valence-electron chi connectivity index (χ1n) is 3.88. The van der Waals surface area contributed by atoms with Gasteiger partial charge in [-0.1, -0.05) is 31.0 Å². The Balaban J connectivity index is 2.80. The maximum atomic E-state index is 8.07. The molecule has 0 aliphatic carbocycles. The predicted molar refractivity (Wildman–Crippen MR) is 45.8 cm³/mol. The van der Waals surface area contributed by atoms with Crippen LogP contribution in [0, 0.1) is 0 Å². The molecule has 0 saturated carbocycles. The van der Waals surface area contributed by atoms with E-state index in [0.29, 0.717) is 11.7 Å². The van der Waals surface area contributed by atoms with Crippen molar-refractivity contribution < 1.29 is 4.52 Å². The normalized spacial score (nSPS) is 11.0. The Morgan fingerprint density at radius 2 is 2.23 bits per heavy atom. The second-order valence-electron chi connectivity index (χ2n) is 3.65. The van der Waals surface area contributed by atoms with Crippen LogP contribution in [0.25, 0.3) is 10.4 Å². The third-order valence-electron chi connectivity index (χ3n) is 1.39.